The van der Waals surface area contributed by atoms with Gasteiger partial charge in [0.25, 0.3) is 0 Å². The van der Waals surface area contributed by atoms with Crippen molar-refractivity contribution in [3.63, 3.8) is 0 Å². The Morgan fingerprint density at radius 2 is 1.26 bits per heavy atom. The lowest BCUT2D eigenvalue weighted by molar-refractivity contribution is 0.434. The summed E-state index contributed by atoms with van der Waals surface area (Å²) >= 11 is 0. The Kier molecular flexibility index (Phi) is 5.65. The standard InChI is InChI=1S/C47H26N6O/c1-48-28-19-20-40-33(24-28)31-11-3-6-16-39(31)53(40)41-17-8-13-36-46(41)54-43-18-7-4-12-34(43)47(36)35-14-9-22-50-44(35)45-37(47)25-29(26-51-45)52-38-15-5-2-10-30(38)32-21-23-49-27-42(32)52/h2-27H. The van der Waals surface area contributed by atoms with Crippen LogP contribution in [0.15, 0.2) is 158 Å². The fraction of sp³-hybridized carbons (Fsp3) is 0.0213. The van der Waals surface area contributed by atoms with Crippen LogP contribution >= 0.6 is 0 Å². The molecular formula is C47H26N6O. The molecule has 0 saturated heterocycles. The monoisotopic (exact) mass is 690 g/mol. The summed E-state index contributed by atoms with van der Waals surface area (Å²) in [7, 11) is 0. The maximum atomic E-state index is 7.73. The minimum atomic E-state index is -0.796. The van der Waals surface area contributed by atoms with Crippen molar-refractivity contribution in [3.8, 4) is 34.3 Å². The molecule has 1 aliphatic heterocycles. The molecule has 1 unspecified atom stereocenters. The van der Waals surface area contributed by atoms with E-state index in [1.54, 1.807) is 0 Å². The number of benzene rings is 5. The van der Waals surface area contributed by atoms with Crippen LogP contribution in [0.1, 0.15) is 22.3 Å². The van der Waals surface area contributed by atoms with Crippen LogP contribution in [0.25, 0.3) is 71.2 Å². The Hall–Kier alpha value is -7.56. The molecule has 5 aromatic heterocycles. The minimum Gasteiger partial charge on any atom is -0.454 e. The van der Waals surface area contributed by atoms with Gasteiger partial charge in [-0.1, -0.05) is 78.9 Å². The molecule has 10 aromatic rings. The zero-order chi connectivity index (χ0) is 35.5. The first-order valence-electron chi connectivity index (χ1n) is 17.9. The summed E-state index contributed by atoms with van der Waals surface area (Å²) in [6, 6.07) is 46.2. The van der Waals surface area contributed by atoms with Crippen LogP contribution in [0.4, 0.5) is 5.69 Å². The smallest absolute Gasteiger partial charge is 0.188 e. The van der Waals surface area contributed by atoms with E-state index in [1.807, 2.05) is 49.1 Å². The molecule has 54 heavy (non-hydrogen) atoms. The van der Waals surface area contributed by atoms with Crippen LogP contribution in [0.2, 0.25) is 0 Å². The highest BCUT2D eigenvalue weighted by molar-refractivity contribution is 6.11. The van der Waals surface area contributed by atoms with Gasteiger partial charge in [0.2, 0.25) is 0 Å². The first kappa shape index (κ1) is 29.1. The van der Waals surface area contributed by atoms with Gasteiger partial charge in [-0.25, -0.2) is 4.85 Å². The summed E-state index contributed by atoms with van der Waals surface area (Å²) < 4.78 is 11.6. The van der Waals surface area contributed by atoms with E-state index in [0.29, 0.717) is 5.69 Å². The van der Waals surface area contributed by atoms with Gasteiger partial charge in [0, 0.05) is 45.2 Å². The van der Waals surface area contributed by atoms with Gasteiger partial charge in [0.1, 0.15) is 5.75 Å². The van der Waals surface area contributed by atoms with Crippen molar-refractivity contribution in [1.29, 1.82) is 0 Å². The highest BCUT2D eigenvalue weighted by Crippen LogP contribution is 2.62. The van der Waals surface area contributed by atoms with Gasteiger partial charge in [-0.15, -0.1) is 0 Å². The average Bonchev–Trinajstić information content (AvgIpc) is 3.85. The van der Waals surface area contributed by atoms with Crippen molar-refractivity contribution in [2.45, 2.75) is 5.41 Å². The third-order valence-electron chi connectivity index (χ3n) is 11.4. The number of fused-ring (bicyclic) bond motifs is 15. The lowest BCUT2D eigenvalue weighted by Gasteiger charge is -2.39. The van der Waals surface area contributed by atoms with E-state index in [2.05, 4.69) is 128 Å². The van der Waals surface area contributed by atoms with E-state index in [4.69, 9.17) is 21.3 Å². The van der Waals surface area contributed by atoms with E-state index < -0.39 is 5.41 Å². The lowest BCUT2D eigenvalue weighted by atomic mass is 9.66. The van der Waals surface area contributed by atoms with Crippen LogP contribution in [-0.4, -0.2) is 24.1 Å². The first-order chi connectivity index (χ1) is 26.8. The van der Waals surface area contributed by atoms with Gasteiger partial charge in [0.05, 0.1) is 69.2 Å². The molecule has 0 saturated carbocycles. The SMILES string of the molecule is [C-]#[N+]c1ccc2c(c1)c1ccccc1n2-c1cccc2c1Oc1ccccc1C21c2cccnc2-c2ncc(-n3c4ccccc4c4ccncc43)cc21. The minimum absolute atomic E-state index is 0.610. The summed E-state index contributed by atoms with van der Waals surface area (Å²) in [5, 5.41) is 4.41. The molecule has 0 fully saturated rings. The fourth-order valence-corrected chi connectivity index (χ4v) is 9.28. The fourth-order valence-electron chi connectivity index (χ4n) is 9.28. The summed E-state index contributed by atoms with van der Waals surface area (Å²) in [5.41, 5.74) is 11.7. The van der Waals surface area contributed by atoms with Crippen LogP contribution in [0, 0.1) is 6.57 Å². The number of pyridine rings is 3. The second kappa shape index (κ2) is 10.5. The van der Waals surface area contributed by atoms with E-state index in [0.717, 1.165) is 100 Å². The molecule has 250 valence electrons. The average molecular weight is 691 g/mol. The van der Waals surface area contributed by atoms with Gasteiger partial charge in [0.15, 0.2) is 11.4 Å². The molecule has 2 aliphatic rings. The molecular weight excluding hydrogens is 665 g/mol. The largest absolute Gasteiger partial charge is 0.454 e. The van der Waals surface area contributed by atoms with E-state index in [1.165, 1.54) is 0 Å². The Balaban J connectivity index is 1.20. The molecule has 0 amide bonds. The third kappa shape index (κ3) is 3.56. The van der Waals surface area contributed by atoms with Crippen molar-refractivity contribution in [2.24, 2.45) is 0 Å². The quantitative estimate of drug-likeness (QED) is 0.169. The van der Waals surface area contributed by atoms with Gasteiger partial charge in [-0.2, -0.15) is 0 Å². The third-order valence-corrected chi connectivity index (χ3v) is 11.4. The van der Waals surface area contributed by atoms with Gasteiger partial charge >= 0.3 is 0 Å². The maximum absolute atomic E-state index is 7.73. The van der Waals surface area contributed by atoms with Crippen molar-refractivity contribution < 1.29 is 4.74 Å². The Morgan fingerprint density at radius 1 is 0.537 bits per heavy atom. The summed E-state index contributed by atoms with van der Waals surface area (Å²) in [5.74, 6) is 1.55. The summed E-state index contributed by atoms with van der Waals surface area (Å²) in [6.07, 6.45) is 7.61. The molecule has 1 atom stereocenters. The zero-order valence-electron chi connectivity index (χ0n) is 28.6. The molecule has 6 heterocycles. The first-order valence-corrected chi connectivity index (χ1v) is 17.9. The molecule has 7 nitrogen and oxygen atoms in total. The van der Waals surface area contributed by atoms with Crippen LogP contribution in [-0.2, 0) is 5.41 Å². The Labute approximate surface area is 308 Å². The molecule has 5 aromatic carbocycles. The normalized spacial score (nSPS) is 15.2. The van der Waals surface area contributed by atoms with E-state index in [-0.39, 0.29) is 0 Å². The molecule has 1 aliphatic carbocycles. The molecule has 0 bridgehead atoms. The van der Waals surface area contributed by atoms with Gasteiger partial charge in [-0.05, 0) is 65.5 Å². The van der Waals surface area contributed by atoms with Crippen LogP contribution < -0.4 is 4.74 Å². The summed E-state index contributed by atoms with van der Waals surface area (Å²) in [6.45, 7) is 7.73. The molecule has 0 N–H and O–H groups in total. The molecule has 12 rings (SSSR count). The number of hydrogen-bond donors (Lipinski definition) is 0. The van der Waals surface area contributed by atoms with Crippen molar-refractivity contribution >= 4 is 49.3 Å². The van der Waals surface area contributed by atoms with Gasteiger partial charge in [-0.3, -0.25) is 15.0 Å². The number of aromatic nitrogens is 5. The topological polar surface area (TPSA) is 62.1 Å². The van der Waals surface area contributed by atoms with E-state index >= 15 is 0 Å². The number of rotatable bonds is 2. The maximum Gasteiger partial charge on any atom is 0.188 e. The Morgan fingerprint density at radius 3 is 2.15 bits per heavy atom. The number of nitrogens with zero attached hydrogens (tertiary/aromatic N) is 6. The number of para-hydroxylation sites is 4. The van der Waals surface area contributed by atoms with E-state index in [9.17, 15) is 0 Å². The number of ether oxygens (including phenoxy) is 1. The van der Waals surface area contributed by atoms with Crippen LogP contribution in [0.5, 0.6) is 11.5 Å². The van der Waals surface area contributed by atoms with Crippen molar-refractivity contribution in [2.75, 3.05) is 0 Å². The summed E-state index contributed by atoms with van der Waals surface area (Å²) in [4.78, 5) is 18.6. The highest BCUT2D eigenvalue weighted by atomic mass is 16.5. The lowest BCUT2D eigenvalue weighted by Crippen LogP contribution is -2.32. The van der Waals surface area contributed by atoms with Gasteiger partial charge < -0.3 is 13.9 Å². The predicted molar refractivity (Wildman–Crippen MR) is 212 cm³/mol. The van der Waals surface area contributed by atoms with Crippen molar-refractivity contribution in [1.82, 2.24) is 24.1 Å². The highest BCUT2D eigenvalue weighted by Gasteiger charge is 2.53. The Bertz CT molecular complexity index is 3240. The molecule has 0 radical (unpaired) electrons. The number of hydrogen-bond acceptors (Lipinski definition) is 4. The second-order valence-corrected chi connectivity index (χ2v) is 13.9. The zero-order valence-corrected chi connectivity index (χ0v) is 28.6. The molecule has 7 heteroatoms. The van der Waals surface area contributed by atoms with Crippen molar-refractivity contribution in [3.05, 3.63) is 192 Å². The molecule has 1 spiro atoms. The van der Waals surface area contributed by atoms with Crippen LogP contribution in [0.3, 0.4) is 0 Å². The second-order valence-electron chi connectivity index (χ2n) is 13.9. The predicted octanol–water partition coefficient (Wildman–Crippen LogP) is 11.1.